The summed E-state index contributed by atoms with van der Waals surface area (Å²) in [6, 6.07) is 14.0. The third-order valence-corrected chi connectivity index (χ3v) is 6.45. The highest BCUT2D eigenvalue weighted by molar-refractivity contribution is 5.94. The molecule has 0 aliphatic carbocycles. The van der Waals surface area contributed by atoms with Crippen LogP contribution in [-0.4, -0.2) is 65.5 Å². The minimum absolute atomic E-state index is 0.0304. The lowest BCUT2D eigenvalue weighted by Gasteiger charge is -2.26. The van der Waals surface area contributed by atoms with Gasteiger partial charge in [0, 0.05) is 13.0 Å². The summed E-state index contributed by atoms with van der Waals surface area (Å²) in [5.74, 6) is -3.05. The first-order chi connectivity index (χ1) is 20.0. The first-order valence-corrected chi connectivity index (χ1v) is 14.0. The molecule has 3 amide bonds. The molecule has 0 bridgehead atoms. The molecule has 2 aromatic rings. The molecule has 0 aliphatic heterocycles. The van der Waals surface area contributed by atoms with Crippen LogP contribution in [0.1, 0.15) is 44.2 Å². The summed E-state index contributed by atoms with van der Waals surface area (Å²) in [7, 11) is 0. The van der Waals surface area contributed by atoms with Gasteiger partial charge in [-0.25, -0.2) is 4.79 Å². The molecule has 4 atom stereocenters. The molecule has 0 aliphatic rings. The van der Waals surface area contributed by atoms with Crippen molar-refractivity contribution in [3.05, 3.63) is 71.8 Å². The lowest BCUT2D eigenvalue weighted by molar-refractivity contribution is -0.142. The summed E-state index contributed by atoms with van der Waals surface area (Å²) in [5.41, 5.74) is 18.5. The number of rotatable bonds is 17. The second-order valence-electron chi connectivity index (χ2n) is 10.6. The van der Waals surface area contributed by atoms with Gasteiger partial charge >= 0.3 is 5.97 Å². The molecule has 0 radical (unpaired) electrons. The Morgan fingerprint density at radius 2 is 1.26 bits per heavy atom. The molecule has 12 nitrogen and oxygen atoms in total. The van der Waals surface area contributed by atoms with Gasteiger partial charge in [-0.05, 0) is 42.7 Å². The number of amides is 3. The van der Waals surface area contributed by atoms with E-state index >= 15 is 0 Å². The molecule has 12 heteroatoms. The van der Waals surface area contributed by atoms with Crippen LogP contribution in [0.4, 0.5) is 0 Å². The monoisotopic (exact) mass is 581 g/mol. The molecule has 0 aromatic heterocycles. The van der Waals surface area contributed by atoms with Gasteiger partial charge in [-0.3, -0.25) is 19.4 Å². The lowest BCUT2D eigenvalue weighted by Crippen LogP contribution is -2.57. The van der Waals surface area contributed by atoms with Crippen LogP contribution in [0.25, 0.3) is 0 Å². The topological polar surface area (TPSA) is 215 Å². The van der Waals surface area contributed by atoms with Gasteiger partial charge in [0.2, 0.25) is 17.7 Å². The number of nitrogens with two attached hydrogens (primary N) is 3. The molecule has 0 spiro atoms. The predicted octanol–water partition coefficient (Wildman–Crippen LogP) is 0.438. The van der Waals surface area contributed by atoms with Crippen molar-refractivity contribution >= 4 is 29.7 Å². The first-order valence-electron chi connectivity index (χ1n) is 14.0. The van der Waals surface area contributed by atoms with E-state index in [2.05, 4.69) is 20.9 Å². The minimum atomic E-state index is -1.22. The summed E-state index contributed by atoms with van der Waals surface area (Å²) in [5, 5.41) is 17.7. The first kappa shape index (κ1) is 33.8. The largest absolute Gasteiger partial charge is 0.480 e. The van der Waals surface area contributed by atoms with Crippen molar-refractivity contribution in [3.8, 4) is 0 Å². The smallest absolute Gasteiger partial charge is 0.326 e. The van der Waals surface area contributed by atoms with E-state index in [-0.39, 0.29) is 37.7 Å². The molecule has 2 rings (SSSR count). The Balaban J connectivity index is 2.16. The molecule has 0 unspecified atom stereocenters. The van der Waals surface area contributed by atoms with Crippen LogP contribution >= 0.6 is 0 Å². The summed E-state index contributed by atoms with van der Waals surface area (Å²) in [4.78, 5) is 55.5. The Morgan fingerprint density at radius 3 is 1.79 bits per heavy atom. The molecule has 10 N–H and O–H groups in total. The Hall–Kier alpha value is -4.45. The van der Waals surface area contributed by atoms with E-state index in [0.29, 0.717) is 12.8 Å². The maximum atomic E-state index is 13.4. The van der Waals surface area contributed by atoms with Crippen molar-refractivity contribution in [2.24, 2.45) is 28.1 Å². The number of carboxylic acids is 1. The van der Waals surface area contributed by atoms with Crippen molar-refractivity contribution in [1.29, 1.82) is 0 Å². The average molecular weight is 582 g/mol. The molecule has 0 heterocycles. The highest BCUT2D eigenvalue weighted by atomic mass is 16.4. The number of carbonyl (C=O) groups is 4. The molecule has 0 saturated heterocycles. The van der Waals surface area contributed by atoms with Crippen LogP contribution in [0.3, 0.4) is 0 Å². The van der Waals surface area contributed by atoms with Gasteiger partial charge < -0.3 is 38.3 Å². The fourth-order valence-corrected chi connectivity index (χ4v) is 4.31. The van der Waals surface area contributed by atoms with Crippen molar-refractivity contribution in [2.45, 2.75) is 70.1 Å². The molecule has 228 valence electrons. The van der Waals surface area contributed by atoms with Gasteiger partial charge in [0.25, 0.3) is 0 Å². The Kier molecular flexibility index (Phi) is 14.0. The van der Waals surface area contributed by atoms with Crippen molar-refractivity contribution < 1.29 is 24.3 Å². The Morgan fingerprint density at radius 1 is 0.762 bits per heavy atom. The normalized spacial score (nSPS) is 13.7. The summed E-state index contributed by atoms with van der Waals surface area (Å²) >= 11 is 0. The molecule has 0 fully saturated rings. The number of nitrogens with one attached hydrogen (secondary N) is 3. The quantitative estimate of drug-likeness (QED) is 0.0788. The van der Waals surface area contributed by atoms with Crippen LogP contribution in [0.5, 0.6) is 0 Å². The average Bonchev–Trinajstić information content (AvgIpc) is 2.94. The second kappa shape index (κ2) is 17.4. The van der Waals surface area contributed by atoms with E-state index < -0.39 is 47.9 Å². The number of benzene rings is 2. The number of guanidine groups is 1. The van der Waals surface area contributed by atoms with Gasteiger partial charge in [0.15, 0.2) is 5.96 Å². The minimum Gasteiger partial charge on any atom is -0.480 e. The van der Waals surface area contributed by atoms with E-state index in [4.69, 9.17) is 17.2 Å². The number of hydrogen-bond donors (Lipinski definition) is 7. The van der Waals surface area contributed by atoms with Crippen LogP contribution in [0, 0.1) is 5.92 Å². The standard InChI is InChI=1S/C30H43N7O5/c1-19(2)16-24(36-26(38)22(31)17-20-10-5-3-6-11-20)28(40)35-23(14-9-15-34-30(32)33)27(39)37-25(29(41)42)18-21-12-7-4-8-13-21/h3-8,10-13,19,22-25H,9,14-18,31H2,1-2H3,(H,35,40)(H,36,38)(H,37,39)(H,41,42)(H4,32,33,34)/t22-,23-,24-,25-/m0/s1. The summed E-state index contributed by atoms with van der Waals surface area (Å²) in [6.45, 7) is 4.00. The van der Waals surface area contributed by atoms with Crippen LogP contribution in [-0.2, 0) is 32.0 Å². The maximum Gasteiger partial charge on any atom is 0.326 e. The fraction of sp³-hybridized carbons (Fsp3) is 0.433. The Labute approximate surface area is 246 Å². The maximum absolute atomic E-state index is 13.4. The summed E-state index contributed by atoms with van der Waals surface area (Å²) < 4.78 is 0. The van der Waals surface area contributed by atoms with Gasteiger partial charge in [-0.15, -0.1) is 0 Å². The molecular formula is C30H43N7O5. The van der Waals surface area contributed by atoms with Crippen LogP contribution in [0.15, 0.2) is 65.7 Å². The third-order valence-electron chi connectivity index (χ3n) is 6.45. The molecule has 0 saturated carbocycles. The SMILES string of the molecule is CC(C)C[C@H](NC(=O)[C@@H](N)Cc1ccccc1)C(=O)N[C@@H](CCCN=C(N)N)C(=O)N[C@@H](Cc1ccccc1)C(=O)O. The molecule has 2 aromatic carbocycles. The number of aliphatic carboxylic acids is 1. The summed E-state index contributed by atoms with van der Waals surface area (Å²) in [6.07, 6.45) is 1.10. The van der Waals surface area contributed by atoms with Gasteiger partial charge in [-0.2, -0.15) is 0 Å². The Bertz CT molecular complexity index is 1190. The predicted molar refractivity (Wildman–Crippen MR) is 161 cm³/mol. The number of aliphatic imine (C=N–C) groups is 1. The second-order valence-corrected chi connectivity index (χ2v) is 10.6. The number of carboxylic acid groups (broad SMARTS) is 1. The highest BCUT2D eigenvalue weighted by Crippen LogP contribution is 2.10. The lowest BCUT2D eigenvalue weighted by atomic mass is 10.0. The number of nitrogens with zero attached hydrogens (tertiary/aromatic N) is 1. The van der Waals surface area contributed by atoms with E-state index in [0.717, 1.165) is 11.1 Å². The molecular weight excluding hydrogens is 538 g/mol. The van der Waals surface area contributed by atoms with Gasteiger partial charge in [-0.1, -0.05) is 74.5 Å². The van der Waals surface area contributed by atoms with Crippen LogP contribution < -0.4 is 33.2 Å². The zero-order chi connectivity index (χ0) is 31.1. The van der Waals surface area contributed by atoms with E-state index in [9.17, 15) is 24.3 Å². The zero-order valence-electron chi connectivity index (χ0n) is 24.2. The van der Waals surface area contributed by atoms with E-state index in [1.165, 1.54) is 0 Å². The molecule has 42 heavy (non-hydrogen) atoms. The van der Waals surface area contributed by atoms with E-state index in [1.807, 2.05) is 44.2 Å². The van der Waals surface area contributed by atoms with Gasteiger partial charge in [0.05, 0.1) is 6.04 Å². The van der Waals surface area contributed by atoms with Crippen molar-refractivity contribution in [1.82, 2.24) is 16.0 Å². The van der Waals surface area contributed by atoms with Crippen molar-refractivity contribution in [3.63, 3.8) is 0 Å². The zero-order valence-corrected chi connectivity index (χ0v) is 24.2. The van der Waals surface area contributed by atoms with Crippen molar-refractivity contribution in [2.75, 3.05) is 6.54 Å². The van der Waals surface area contributed by atoms with Crippen LogP contribution in [0.2, 0.25) is 0 Å². The highest BCUT2D eigenvalue weighted by Gasteiger charge is 2.30. The number of carbonyl (C=O) groups excluding carboxylic acids is 3. The van der Waals surface area contributed by atoms with Gasteiger partial charge in [0.1, 0.15) is 18.1 Å². The number of hydrogen-bond acceptors (Lipinski definition) is 6. The van der Waals surface area contributed by atoms with E-state index in [1.54, 1.807) is 30.3 Å². The fourth-order valence-electron chi connectivity index (χ4n) is 4.31. The third kappa shape index (κ3) is 12.4.